The molecule has 6 heteroatoms. The van der Waals surface area contributed by atoms with E-state index in [1.807, 2.05) is 68.1 Å². The Morgan fingerprint density at radius 1 is 0.882 bits per heavy atom. The number of amides is 3. The zero-order chi connectivity index (χ0) is 24.4. The van der Waals surface area contributed by atoms with Gasteiger partial charge in [0.25, 0.3) is 11.8 Å². The molecule has 1 heterocycles. The van der Waals surface area contributed by atoms with Crippen LogP contribution in [0.3, 0.4) is 0 Å². The van der Waals surface area contributed by atoms with Gasteiger partial charge in [0.2, 0.25) is 5.91 Å². The van der Waals surface area contributed by atoms with Crippen LogP contribution in [0.15, 0.2) is 78.5 Å². The van der Waals surface area contributed by atoms with Crippen LogP contribution < -0.4 is 15.1 Å². The maximum absolute atomic E-state index is 13.9. The monoisotopic (exact) mass is 453 g/mol. The van der Waals surface area contributed by atoms with E-state index in [0.29, 0.717) is 34.8 Å². The molecule has 0 fully saturated rings. The van der Waals surface area contributed by atoms with Crippen LogP contribution in [0.4, 0.5) is 17.1 Å². The van der Waals surface area contributed by atoms with Crippen LogP contribution in [0.5, 0.6) is 0 Å². The lowest BCUT2D eigenvalue weighted by Gasteiger charge is -2.25. The molecule has 3 aromatic carbocycles. The van der Waals surface area contributed by atoms with Gasteiger partial charge in [0.05, 0.1) is 11.3 Å². The van der Waals surface area contributed by atoms with E-state index in [4.69, 9.17) is 0 Å². The van der Waals surface area contributed by atoms with Gasteiger partial charge in [0, 0.05) is 24.8 Å². The molecule has 1 aliphatic rings. The Labute approximate surface area is 199 Å². The molecule has 0 aliphatic carbocycles. The summed E-state index contributed by atoms with van der Waals surface area (Å²) in [7, 11) is 0. The van der Waals surface area contributed by atoms with Gasteiger partial charge in [-0.3, -0.25) is 14.4 Å². The summed E-state index contributed by atoms with van der Waals surface area (Å²) in [6.45, 7) is 7.78. The Morgan fingerprint density at radius 2 is 1.56 bits per heavy atom. The number of hydrogen-bond acceptors (Lipinski definition) is 4. The molecule has 0 bridgehead atoms. The molecule has 0 saturated carbocycles. The van der Waals surface area contributed by atoms with Gasteiger partial charge in [0.1, 0.15) is 5.70 Å². The summed E-state index contributed by atoms with van der Waals surface area (Å²) in [5, 5.41) is 2.73. The molecule has 34 heavy (non-hydrogen) atoms. The molecule has 0 saturated heterocycles. The fourth-order valence-electron chi connectivity index (χ4n) is 4.23. The highest BCUT2D eigenvalue weighted by Crippen LogP contribution is 2.38. The van der Waals surface area contributed by atoms with E-state index in [1.54, 1.807) is 30.3 Å². The zero-order valence-electron chi connectivity index (χ0n) is 19.8. The van der Waals surface area contributed by atoms with Crippen LogP contribution in [-0.4, -0.2) is 24.3 Å². The van der Waals surface area contributed by atoms with E-state index < -0.39 is 0 Å². The molecule has 3 amide bonds. The number of carbonyl (C=O) groups is 3. The van der Waals surface area contributed by atoms with Gasteiger partial charge in [0.15, 0.2) is 0 Å². The Morgan fingerprint density at radius 3 is 2.18 bits per heavy atom. The van der Waals surface area contributed by atoms with E-state index in [-0.39, 0.29) is 17.7 Å². The molecule has 6 nitrogen and oxygen atoms in total. The second kappa shape index (κ2) is 9.35. The number of para-hydroxylation sites is 1. The van der Waals surface area contributed by atoms with Crippen LogP contribution >= 0.6 is 0 Å². The molecule has 172 valence electrons. The molecule has 0 aromatic heterocycles. The van der Waals surface area contributed by atoms with Gasteiger partial charge >= 0.3 is 0 Å². The molecular weight excluding hydrogens is 426 g/mol. The van der Waals surface area contributed by atoms with Crippen LogP contribution in [0.25, 0.3) is 5.57 Å². The summed E-state index contributed by atoms with van der Waals surface area (Å²) in [6, 6.07) is 22.2. The Balaban J connectivity index is 1.89. The lowest BCUT2D eigenvalue weighted by molar-refractivity contribution is -0.120. The van der Waals surface area contributed by atoms with Crippen molar-refractivity contribution in [1.82, 2.24) is 0 Å². The number of aryl methyl sites for hydroxylation is 1. The number of imide groups is 1. The fraction of sp³-hybridized carbons (Fsp3) is 0.179. The smallest absolute Gasteiger partial charge is 0.282 e. The van der Waals surface area contributed by atoms with Crippen LogP contribution in [-0.2, 0) is 14.4 Å². The van der Waals surface area contributed by atoms with E-state index in [0.717, 1.165) is 16.8 Å². The number of benzene rings is 3. The third-order valence-electron chi connectivity index (χ3n) is 6.02. The van der Waals surface area contributed by atoms with Crippen molar-refractivity contribution in [2.75, 3.05) is 21.7 Å². The van der Waals surface area contributed by atoms with Crippen LogP contribution in [0.2, 0.25) is 0 Å². The van der Waals surface area contributed by atoms with Crippen molar-refractivity contribution < 1.29 is 14.4 Å². The normalized spacial score (nSPS) is 13.5. The summed E-state index contributed by atoms with van der Waals surface area (Å²) >= 11 is 0. The van der Waals surface area contributed by atoms with Gasteiger partial charge in [-0.2, -0.15) is 0 Å². The van der Waals surface area contributed by atoms with Crippen molar-refractivity contribution in [3.8, 4) is 0 Å². The summed E-state index contributed by atoms with van der Waals surface area (Å²) < 4.78 is 0. The van der Waals surface area contributed by atoms with E-state index in [2.05, 4.69) is 5.32 Å². The standard InChI is InChI=1S/C28H27N3O3/c1-5-30(23-11-7-6-8-12-23)26-25(21-14-16-22(17-15-21)29-20(4)32)27(33)31(28(26)34)24-13-9-10-18(2)19(24)3/h6-17H,5H2,1-4H3,(H,29,32). The van der Waals surface area contributed by atoms with Crippen molar-refractivity contribution in [2.24, 2.45) is 0 Å². The minimum Gasteiger partial charge on any atom is -0.337 e. The summed E-state index contributed by atoms with van der Waals surface area (Å²) in [4.78, 5) is 42.3. The number of anilines is 3. The molecule has 0 atom stereocenters. The quantitative estimate of drug-likeness (QED) is 0.529. The van der Waals surface area contributed by atoms with Crippen LogP contribution in [0.1, 0.15) is 30.5 Å². The number of rotatable bonds is 6. The minimum absolute atomic E-state index is 0.179. The van der Waals surface area contributed by atoms with Crippen molar-refractivity contribution in [3.05, 3.63) is 95.2 Å². The predicted molar refractivity (Wildman–Crippen MR) is 136 cm³/mol. The maximum Gasteiger partial charge on any atom is 0.282 e. The third-order valence-corrected chi connectivity index (χ3v) is 6.02. The molecule has 1 aliphatic heterocycles. The topological polar surface area (TPSA) is 69.7 Å². The molecule has 1 N–H and O–H groups in total. The molecule has 0 spiro atoms. The lowest BCUT2D eigenvalue weighted by Crippen LogP contribution is -2.35. The fourth-order valence-corrected chi connectivity index (χ4v) is 4.23. The van der Waals surface area contributed by atoms with E-state index in [9.17, 15) is 14.4 Å². The molecule has 4 rings (SSSR count). The van der Waals surface area contributed by atoms with Crippen LogP contribution in [0, 0.1) is 13.8 Å². The van der Waals surface area contributed by atoms with Gasteiger partial charge in [-0.1, -0.05) is 42.5 Å². The van der Waals surface area contributed by atoms with Crippen molar-refractivity contribution in [1.29, 1.82) is 0 Å². The number of nitrogens with one attached hydrogen (secondary N) is 1. The number of carbonyl (C=O) groups excluding carboxylic acids is 3. The Kier molecular flexibility index (Phi) is 6.32. The van der Waals surface area contributed by atoms with Gasteiger partial charge in [-0.25, -0.2) is 4.90 Å². The highest BCUT2D eigenvalue weighted by molar-refractivity contribution is 6.46. The van der Waals surface area contributed by atoms with Gasteiger partial charge < -0.3 is 10.2 Å². The molecule has 3 aromatic rings. The van der Waals surface area contributed by atoms with Gasteiger partial charge in [-0.05, 0) is 67.8 Å². The lowest BCUT2D eigenvalue weighted by atomic mass is 10.0. The van der Waals surface area contributed by atoms with Crippen molar-refractivity contribution >= 4 is 40.4 Å². The highest BCUT2D eigenvalue weighted by atomic mass is 16.2. The number of likely N-dealkylation sites (N-methyl/N-ethyl adjacent to an activating group) is 1. The van der Waals surface area contributed by atoms with E-state index >= 15 is 0 Å². The second-order valence-corrected chi connectivity index (χ2v) is 8.23. The second-order valence-electron chi connectivity index (χ2n) is 8.23. The zero-order valence-corrected chi connectivity index (χ0v) is 19.8. The van der Waals surface area contributed by atoms with Crippen molar-refractivity contribution in [3.63, 3.8) is 0 Å². The first-order chi connectivity index (χ1) is 16.3. The predicted octanol–water partition coefficient (Wildman–Crippen LogP) is 5.07. The summed E-state index contributed by atoms with van der Waals surface area (Å²) in [6.07, 6.45) is 0. The van der Waals surface area contributed by atoms with E-state index in [1.165, 1.54) is 11.8 Å². The number of nitrogens with zero attached hydrogens (tertiary/aromatic N) is 2. The summed E-state index contributed by atoms with van der Waals surface area (Å²) in [5.74, 6) is -0.900. The first-order valence-electron chi connectivity index (χ1n) is 11.2. The third kappa shape index (κ3) is 4.10. The Hall–Kier alpha value is -4.19. The SMILES string of the molecule is CCN(C1=C(c2ccc(NC(C)=O)cc2)C(=O)N(c2cccc(C)c2C)C1=O)c1ccccc1. The average molecular weight is 454 g/mol. The largest absolute Gasteiger partial charge is 0.337 e. The number of hydrogen-bond donors (Lipinski definition) is 1. The minimum atomic E-state index is -0.365. The molecule has 0 unspecified atom stereocenters. The average Bonchev–Trinajstić information content (AvgIpc) is 3.07. The molecule has 0 radical (unpaired) electrons. The maximum atomic E-state index is 13.9. The Bertz CT molecular complexity index is 1290. The summed E-state index contributed by atoms with van der Waals surface area (Å²) in [5.41, 5.74) is 5.22. The molecular formula is C28H27N3O3. The van der Waals surface area contributed by atoms with Gasteiger partial charge in [-0.15, -0.1) is 0 Å². The highest BCUT2D eigenvalue weighted by Gasteiger charge is 2.43. The van der Waals surface area contributed by atoms with Crippen molar-refractivity contribution in [2.45, 2.75) is 27.7 Å². The first kappa shape index (κ1) is 23.0. The first-order valence-corrected chi connectivity index (χ1v) is 11.2.